The molecule has 0 aliphatic carbocycles. The van der Waals surface area contributed by atoms with Crippen LogP contribution in [0.5, 0.6) is 0 Å². The van der Waals surface area contributed by atoms with Crippen LogP contribution < -0.4 is 0 Å². The third-order valence-corrected chi connectivity index (χ3v) is 1.21. The molecular formula is C3H6Zr+2. The Hall–Kier alpha value is 0.753. The maximum atomic E-state index is 2.22. The fourth-order valence-corrected chi connectivity index (χ4v) is 0. The van der Waals surface area contributed by atoms with Crippen molar-refractivity contribution < 1.29 is 24.2 Å². The van der Waals surface area contributed by atoms with Gasteiger partial charge in [0, 0.05) is 0 Å². The van der Waals surface area contributed by atoms with Gasteiger partial charge in [0.05, 0.1) is 0 Å². The van der Waals surface area contributed by atoms with Crippen LogP contribution in [-0.2, 0) is 24.2 Å². The second kappa shape index (κ2) is 3.75. The van der Waals surface area contributed by atoms with Gasteiger partial charge < -0.3 is 0 Å². The van der Waals surface area contributed by atoms with Crippen molar-refractivity contribution in [3.63, 3.8) is 0 Å². The first-order chi connectivity index (χ1) is 1.91. The molecule has 0 aromatic carbocycles. The molecule has 0 radical (unpaired) electrons. The van der Waals surface area contributed by atoms with E-state index in [1.165, 1.54) is 6.42 Å². The van der Waals surface area contributed by atoms with E-state index in [0.717, 1.165) is 0 Å². The van der Waals surface area contributed by atoms with Gasteiger partial charge in [0.2, 0.25) is 0 Å². The monoisotopic (exact) mass is 132 g/mol. The van der Waals surface area contributed by atoms with E-state index in [2.05, 4.69) is 10.6 Å². The zero-order valence-corrected chi connectivity index (χ0v) is 5.24. The molecule has 20 valence electrons. The van der Waals surface area contributed by atoms with E-state index in [4.69, 9.17) is 0 Å². The summed E-state index contributed by atoms with van der Waals surface area (Å²) in [5.41, 5.74) is 0. The van der Waals surface area contributed by atoms with E-state index in [1.54, 1.807) is 24.2 Å². The van der Waals surface area contributed by atoms with Crippen molar-refractivity contribution in [1.29, 1.82) is 0 Å². The van der Waals surface area contributed by atoms with Gasteiger partial charge in [0.1, 0.15) is 0 Å². The van der Waals surface area contributed by atoms with Crippen molar-refractivity contribution in [1.82, 2.24) is 0 Å². The van der Waals surface area contributed by atoms with E-state index in [1.807, 2.05) is 0 Å². The summed E-state index contributed by atoms with van der Waals surface area (Å²) < 4.78 is 2.22. The second-order valence-corrected chi connectivity index (χ2v) is 1.62. The molecule has 0 aromatic rings. The molecule has 0 aromatic heterocycles. The fourth-order valence-electron chi connectivity index (χ4n) is 0. The van der Waals surface area contributed by atoms with Crippen LogP contribution in [0, 0.1) is 0 Å². The minimum atomic E-state index is 1.23. The summed E-state index contributed by atoms with van der Waals surface area (Å²) in [6.45, 7) is 2.15. The Morgan fingerprint density at radius 3 is 2.25 bits per heavy atom. The third-order valence-electron chi connectivity index (χ3n) is 0.204. The average molecular weight is 133 g/mol. The van der Waals surface area contributed by atoms with Crippen molar-refractivity contribution in [3.8, 4) is 0 Å². The van der Waals surface area contributed by atoms with Gasteiger partial charge in [-0.05, 0) is 0 Å². The maximum absolute atomic E-state index is 2.22. The minimum absolute atomic E-state index is 1.23. The Balaban J connectivity index is 2.30. The molecule has 0 saturated heterocycles. The van der Waals surface area contributed by atoms with Crippen molar-refractivity contribution in [3.05, 3.63) is 0 Å². The van der Waals surface area contributed by atoms with Crippen LogP contribution in [0.1, 0.15) is 13.3 Å². The standard InChI is InChI=1S/C3H6.Zr/c1-3-2;/h1H,3H2,2H3;/q;+2. The number of hydrogen-bond acceptors (Lipinski definition) is 0. The summed E-state index contributed by atoms with van der Waals surface area (Å²) in [6.07, 6.45) is 1.23. The predicted octanol–water partition coefficient (Wildman–Crippen LogP) is 0.745. The zero-order chi connectivity index (χ0) is 3.41. The van der Waals surface area contributed by atoms with Gasteiger partial charge in [-0.2, -0.15) is 0 Å². The van der Waals surface area contributed by atoms with Gasteiger partial charge in [0.15, 0.2) is 0 Å². The molecule has 0 amide bonds. The number of rotatable bonds is 1. The molecule has 0 unspecified atom stereocenters. The van der Waals surface area contributed by atoms with Crippen LogP contribution in [0.2, 0.25) is 0 Å². The topological polar surface area (TPSA) is 0 Å². The Morgan fingerprint density at radius 2 is 2.25 bits per heavy atom. The van der Waals surface area contributed by atoms with Crippen molar-refractivity contribution in [2.75, 3.05) is 0 Å². The van der Waals surface area contributed by atoms with Crippen molar-refractivity contribution in [2.24, 2.45) is 0 Å². The van der Waals surface area contributed by atoms with E-state index in [0.29, 0.717) is 0 Å². The second-order valence-electron chi connectivity index (χ2n) is 0.612. The van der Waals surface area contributed by atoms with Gasteiger partial charge in [0.25, 0.3) is 0 Å². The van der Waals surface area contributed by atoms with Crippen LogP contribution in [0.4, 0.5) is 0 Å². The van der Waals surface area contributed by atoms with E-state index < -0.39 is 0 Å². The van der Waals surface area contributed by atoms with Crippen molar-refractivity contribution >= 4 is 3.71 Å². The molecule has 0 aliphatic rings. The quantitative estimate of drug-likeness (QED) is 0.495. The first-order valence-corrected chi connectivity index (χ1v) is 2.82. The van der Waals surface area contributed by atoms with Crippen LogP contribution in [0.25, 0.3) is 0 Å². The Bertz CT molecular complexity index is 17.2. The molecule has 0 fully saturated rings. The Labute approximate surface area is 41.5 Å². The first-order valence-electron chi connectivity index (χ1n) is 1.40. The summed E-state index contributed by atoms with van der Waals surface area (Å²) in [6, 6.07) is 0. The molecule has 0 rings (SSSR count). The molecule has 0 nitrogen and oxygen atoms in total. The third kappa shape index (κ3) is 2.75. The SMILES string of the molecule is CC[CH]=[Zr+2]. The van der Waals surface area contributed by atoms with Gasteiger partial charge in [-0.3, -0.25) is 0 Å². The molecule has 0 bridgehead atoms. The number of hydrogen-bond donors (Lipinski definition) is 0. The molecule has 4 heavy (non-hydrogen) atoms. The van der Waals surface area contributed by atoms with Crippen LogP contribution in [0.3, 0.4) is 0 Å². The Kier molecular flexibility index (Phi) is 4.46. The first kappa shape index (κ1) is 4.75. The van der Waals surface area contributed by atoms with Gasteiger partial charge >= 0.3 is 41.3 Å². The van der Waals surface area contributed by atoms with Crippen LogP contribution in [-0.4, -0.2) is 3.71 Å². The van der Waals surface area contributed by atoms with E-state index >= 15 is 0 Å². The van der Waals surface area contributed by atoms with E-state index in [-0.39, 0.29) is 0 Å². The summed E-state index contributed by atoms with van der Waals surface area (Å²) in [5.74, 6) is 0. The molecule has 0 heterocycles. The molecule has 0 aliphatic heterocycles. The normalized spacial score (nSPS) is 6.75. The fraction of sp³-hybridized carbons (Fsp3) is 0.667. The van der Waals surface area contributed by atoms with Crippen LogP contribution >= 0.6 is 0 Å². The summed E-state index contributed by atoms with van der Waals surface area (Å²) in [7, 11) is 0. The molecule has 0 saturated carbocycles. The zero-order valence-electron chi connectivity index (χ0n) is 2.78. The van der Waals surface area contributed by atoms with Crippen molar-refractivity contribution in [2.45, 2.75) is 13.3 Å². The molecule has 0 N–H and O–H groups in total. The molecule has 1 heteroatoms. The van der Waals surface area contributed by atoms with Gasteiger partial charge in [-0.1, -0.05) is 0 Å². The molecule has 0 spiro atoms. The molecule has 0 atom stereocenters. The summed E-state index contributed by atoms with van der Waals surface area (Å²) in [4.78, 5) is 0. The summed E-state index contributed by atoms with van der Waals surface area (Å²) in [5, 5.41) is 0. The van der Waals surface area contributed by atoms with Gasteiger partial charge in [-0.15, -0.1) is 0 Å². The van der Waals surface area contributed by atoms with Gasteiger partial charge in [-0.25, -0.2) is 0 Å². The van der Waals surface area contributed by atoms with E-state index in [9.17, 15) is 0 Å². The Morgan fingerprint density at radius 1 is 2.00 bits per heavy atom. The summed E-state index contributed by atoms with van der Waals surface area (Å²) >= 11 is 1.54. The molecular weight excluding hydrogens is 127 g/mol. The average Bonchev–Trinajstić information content (AvgIpc) is 1.37. The van der Waals surface area contributed by atoms with Crippen LogP contribution in [0.15, 0.2) is 0 Å². The predicted molar refractivity (Wildman–Crippen MR) is 16.4 cm³/mol.